The van der Waals surface area contributed by atoms with E-state index in [1.165, 1.54) is 0 Å². The third kappa shape index (κ3) is 8.03. The van der Waals surface area contributed by atoms with Gasteiger partial charge in [-0.3, -0.25) is 0 Å². The Hall–Kier alpha value is -0.993. The smallest absolute Gasteiger partial charge is 0.404 e. The van der Waals surface area contributed by atoms with Crippen molar-refractivity contribution in [1.29, 1.82) is 0 Å². The van der Waals surface area contributed by atoms with E-state index in [1.807, 2.05) is 0 Å². The number of aliphatic hydroxyl groups excluding tert-OH is 1. The summed E-state index contributed by atoms with van der Waals surface area (Å²) in [7, 11) is -1.40. The van der Waals surface area contributed by atoms with E-state index >= 15 is 0 Å². The number of hydrogen-bond acceptors (Lipinski definition) is 2. The predicted octanol–water partition coefficient (Wildman–Crippen LogP) is 1.27. The van der Waals surface area contributed by atoms with Crippen molar-refractivity contribution in [3.05, 3.63) is 0 Å². The molecule has 86 valence electrons. The first-order valence-electron chi connectivity index (χ1n) is 4.90. The molecule has 0 spiro atoms. The van der Waals surface area contributed by atoms with E-state index in [0.29, 0.717) is 6.42 Å². The molecule has 3 N–H and O–H groups in total. The molecule has 0 bridgehead atoms. The maximum absolute atomic E-state index is 10.3. The van der Waals surface area contributed by atoms with Gasteiger partial charge in [0.05, 0.1) is 12.1 Å². The van der Waals surface area contributed by atoms with Crippen molar-refractivity contribution in [3.8, 4) is 11.5 Å². The molecule has 0 aliphatic heterocycles. The molecule has 5 heteroatoms. The van der Waals surface area contributed by atoms with E-state index in [0.717, 1.165) is 0 Å². The van der Waals surface area contributed by atoms with Gasteiger partial charge in [-0.25, -0.2) is 4.79 Å². The Labute approximate surface area is 91.7 Å². The van der Waals surface area contributed by atoms with Crippen molar-refractivity contribution in [2.45, 2.75) is 45.1 Å². The van der Waals surface area contributed by atoms with Gasteiger partial charge in [-0.2, -0.15) is 0 Å². The Kier molecular flexibility index (Phi) is 5.40. The molecule has 0 saturated carbocycles. The van der Waals surface area contributed by atoms with E-state index in [1.54, 1.807) is 6.92 Å². The van der Waals surface area contributed by atoms with Crippen molar-refractivity contribution < 1.29 is 15.0 Å². The number of aliphatic hydroxyl groups is 1. The lowest BCUT2D eigenvalue weighted by molar-refractivity contribution is 0.130. The zero-order valence-corrected chi connectivity index (χ0v) is 10.7. The summed E-state index contributed by atoms with van der Waals surface area (Å²) in [5.41, 5.74) is 3.11. The van der Waals surface area contributed by atoms with Gasteiger partial charge < -0.3 is 15.5 Å². The van der Waals surface area contributed by atoms with Crippen LogP contribution >= 0.6 is 0 Å². The number of nitrogens with one attached hydrogen (secondary N) is 1. The van der Waals surface area contributed by atoms with Gasteiger partial charge in [0.1, 0.15) is 8.07 Å². The summed E-state index contributed by atoms with van der Waals surface area (Å²) in [4.78, 5) is 10.3. The fraction of sp³-hybridized carbons (Fsp3) is 0.700. The molecule has 2 atom stereocenters. The second-order valence-electron chi connectivity index (χ2n) is 4.56. The van der Waals surface area contributed by atoms with E-state index in [2.05, 4.69) is 36.4 Å². The molecule has 15 heavy (non-hydrogen) atoms. The van der Waals surface area contributed by atoms with Gasteiger partial charge in [-0.05, 0) is 6.92 Å². The Bertz CT molecular complexity index is 275. The van der Waals surface area contributed by atoms with Gasteiger partial charge in [-0.15, -0.1) is 11.5 Å². The quantitative estimate of drug-likeness (QED) is 0.504. The molecule has 0 heterocycles. The summed E-state index contributed by atoms with van der Waals surface area (Å²) in [6.07, 6.45) is -1.56. The molecular weight excluding hydrogens is 210 g/mol. The zero-order valence-electron chi connectivity index (χ0n) is 9.66. The van der Waals surface area contributed by atoms with Crippen molar-refractivity contribution in [2.24, 2.45) is 0 Å². The largest absolute Gasteiger partial charge is 0.465 e. The Morgan fingerprint density at radius 3 is 2.40 bits per heavy atom. The first kappa shape index (κ1) is 14.0. The van der Waals surface area contributed by atoms with Crippen LogP contribution in [0.3, 0.4) is 0 Å². The number of amides is 1. The lowest BCUT2D eigenvalue weighted by atomic mass is 10.1. The van der Waals surface area contributed by atoms with Gasteiger partial charge in [0.2, 0.25) is 0 Å². The standard InChI is InChI=1S/C10H19NO3Si/c1-8(11-10(13)14)9(12)6-5-7-15(2,3)4/h8-9,11-12H,6H2,1-4H3,(H,13,14)/t8-,9+/m0/s1. The first-order valence-corrected chi connectivity index (χ1v) is 8.40. The topological polar surface area (TPSA) is 69.6 Å². The van der Waals surface area contributed by atoms with Crippen LogP contribution in [0.1, 0.15) is 13.3 Å². The lowest BCUT2D eigenvalue weighted by Crippen LogP contribution is -2.40. The summed E-state index contributed by atoms with van der Waals surface area (Å²) < 4.78 is 0. The summed E-state index contributed by atoms with van der Waals surface area (Å²) in [6, 6.07) is -0.488. The van der Waals surface area contributed by atoms with Crippen LogP contribution in [0.25, 0.3) is 0 Å². The highest BCUT2D eigenvalue weighted by Gasteiger charge is 2.15. The van der Waals surface area contributed by atoms with Crippen LogP contribution in [-0.4, -0.2) is 36.5 Å². The lowest BCUT2D eigenvalue weighted by Gasteiger charge is -2.16. The fourth-order valence-electron chi connectivity index (χ4n) is 0.888. The Morgan fingerprint density at radius 1 is 1.47 bits per heavy atom. The highest BCUT2D eigenvalue weighted by Crippen LogP contribution is 2.00. The molecule has 0 saturated heterocycles. The second kappa shape index (κ2) is 5.78. The molecule has 0 aliphatic rings. The Balaban J connectivity index is 4.07. The van der Waals surface area contributed by atoms with Gasteiger partial charge in [0.25, 0.3) is 0 Å². The third-order valence-corrected chi connectivity index (χ3v) is 2.63. The van der Waals surface area contributed by atoms with Crippen LogP contribution < -0.4 is 5.32 Å². The van der Waals surface area contributed by atoms with Crippen molar-refractivity contribution in [2.75, 3.05) is 0 Å². The third-order valence-electron chi connectivity index (χ3n) is 1.70. The highest BCUT2D eigenvalue weighted by molar-refractivity contribution is 6.83. The minimum Gasteiger partial charge on any atom is -0.465 e. The monoisotopic (exact) mass is 229 g/mol. The van der Waals surface area contributed by atoms with E-state index < -0.39 is 26.3 Å². The van der Waals surface area contributed by atoms with Crippen molar-refractivity contribution >= 4 is 14.2 Å². The summed E-state index contributed by atoms with van der Waals surface area (Å²) in [6.45, 7) is 7.97. The SMILES string of the molecule is C[C@H](NC(=O)O)[C@H](O)CC#C[Si](C)(C)C. The van der Waals surface area contributed by atoms with Gasteiger partial charge >= 0.3 is 6.09 Å². The molecule has 0 aromatic carbocycles. The highest BCUT2D eigenvalue weighted by atomic mass is 28.3. The van der Waals surface area contributed by atoms with Crippen LogP contribution in [0, 0.1) is 11.5 Å². The van der Waals surface area contributed by atoms with Crippen molar-refractivity contribution in [1.82, 2.24) is 5.32 Å². The normalized spacial score (nSPS) is 14.7. The van der Waals surface area contributed by atoms with Gasteiger partial charge in [-0.1, -0.05) is 19.6 Å². The molecule has 0 aromatic heterocycles. The average Bonchev–Trinajstić information content (AvgIpc) is 2.00. The van der Waals surface area contributed by atoms with E-state index in [9.17, 15) is 9.90 Å². The van der Waals surface area contributed by atoms with Crippen LogP contribution in [-0.2, 0) is 0 Å². The minimum atomic E-state index is -1.40. The van der Waals surface area contributed by atoms with Crippen LogP contribution in [0.15, 0.2) is 0 Å². The molecule has 4 nitrogen and oxygen atoms in total. The maximum atomic E-state index is 10.3. The first-order chi connectivity index (χ1) is 6.72. The molecular formula is C10H19NO3Si. The molecule has 0 fully saturated rings. The average molecular weight is 229 g/mol. The molecule has 0 aliphatic carbocycles. The molecule has 0 aromatic rings. The minimum absolute atomic E-state index is 0.311. The van der Waals surface area contributed by atoms with Gasteiger partial charge in [0, 0.05) is 6.42 Å². The van der Waals surface area contributed by atoms with Crippen LogP contribution in [0.2, 0.25) is 19.6 Å². The summed E-state index contributed by atoms with van der Waals surface area (Å²) in [5, 5.41) is 20.2. The van der Waals surface area contributed by atoms with Crippen LogP contribution in [0.4, 0.5) is 4.79 Å². The number of hydrogen-bond donors (Lipinski definition) is 3. The van der Waals surface area contributed by atoms with Crippen molar-refractivity contribution in [3.63, 3.8) is 0 Å². The predicted molar refractivity (Wildman–Crippen MR) is 62.4 cm³/mol. The number of carbonyl (C=O) groups is 1. The molecule has 0 rings (SSSR count). The summed E-state index contributed by atoms with van der Waals surface area (Å²) >= 11 is 0. The van der Waals surface area contributed by atoms with E-state index in [4.69, 9.17) is 5.11 Å². The zero-order chi connectivity index (χ0) is 12.1. The maximum Gasteiger partial charge on any atom is 0.404 e. The Morgan fingerprint density at radius 2 is 2.00 bits per heavy atom. The number of carboxylic acid groups (broad SMARTS) is 1. The van der Waals surface area contributed by atoms with Gasteiger partial charge in [0.15, 0.2) is 0 Å². The molecule has 0 unspecified atom stereocenters. The molecule has 1 amide bonds. The summed E-state index contributed by atoms with van der Waals surface area (Å²) in [5.74, 6) is 2.91. The second-order valence-corrected chi connectivity index (χ2v) is 9.31. The fourth-order valence-corrected chi connectivity index (χ4v) is 1.52. The number of rotatable bonds is 3. The van der Waals surface area contributed by atoms with Crippen LogP contribution in [0.5, 0.6) is 0 Å². The molecule has 0 radical (unpaired) electrons. The van der Waals surface area contributed by atoms with E-state index in [-0.39, 0.29) is 0 Å².